The minimum absolute atomic E-state index is 0.227. The van der Waals surface area contributed by atoms with E-state index in [0.29, 0.717) is 40.2 Å². The summed E-state index contributed by atoms with van der Waals surface area (Å²) >= 11 is 0. The normalized spacial score (nSPS) is 11.0. The van der Waals surface area contributed by atoms with Crippen molar-refractivity contribution in [1.29, 1.82) is 0 Å². The van der Waals surface area contributed by atoms with E-state index in [1.807, 2.05) is 42.5 Å². The molecule has 0 aliphatic heterocycles. The van der Waals surface area contributed by atoms with Crippen molar-refractivity contribution in [3.8, 4) is 11.5 Å². The van der Waals surface area contributed by atoms with E-state index in [9.17, 15) is 4.79 Å². The molecule has 0 aliphatic rings. The minimum Gasteiger partial charge on any atom is -0.493 e. The summed E-state index contributed by atoms with van der Waals surface area (Å²) in [6, 6.07) is 13.1. The molecule has 0 fully saturated rings. The predicted octanol–water partition coefficient (Wildman–Crippen LogP) is 3.41. The van der Waals surface area contributed by atoms with Gasteiger partial charge < -0.3 is 24.5 Å². The molecule has 2 aromatic heterocycles. The highest BCUT2D eigenvalue weighted by molar-refractivity contribution is 6.08. The van der Waals surface area contributed by atoms with Crippen LogP contribution in [-0.2, 0) is 11.3 Å². The van der Waals surface area contributed by atoms with Crippen molar-refractivity contribution < 1.29 is 19.0 Å². The van der Waals surface area contributed by atoms with Crippen LogP contribution in [0.2, 0.25) is 0 Å². The number of carbonyl (C=O) groups is 1. The van der Waals surface area contributed by atoms with Gasteiger partial charge in [0, 0.05) is 0 Å². The predicted molar refractivity (Wildman–Crippen MR) is 114 cm³/mol. The zero-order valence-electron chi connectivity index (χ0n) is 17.0. The number of methoxy groups -OCH3 is 2. The molecule has 0 radical (unpaired) electrons. The first-order valence-electron chi connectivity index (χ1n) is 9.49. The monoisotopic (exact) mass is 406 g/mol. The molecule has 0 aliphatic carbocycles. The summed E-state index contributed by atoms with van der Waals surface area (Å²) in [7, 11) is 3.17. The number of rotatable bonds is 6. The van der Waals surface area contributed by atoms with Crippen LogP contribution in [0.1, 0.15) is 22.8 Å². The molecule has 4 aromatic rings. The van der Waals surface area contributed by atoms with E-state index in [0.717, 1.165) is 5.56 Å². The van der Waals surface area contributed by atoms with Gasteiger partial charge in [0.05, 0.1) is 38.4 Å². The van der Waals surface area contributed by atoms with Crippen molar-refractivity contribution in [1.82, 2.24) is 14.5 Å². The molecule has 0 saturated carbocycles. The third kappa shape index (κ3) is 3.26. The third-order valence-corrected chi connectivity index (χ3v) is 4.86. The number of nitrogen functional groups attached to an aromatic ring is 1. The van der Waals surface area contributed by atoms with Crippen LogP contribution in [0.4, 0.5) is 5.82 Å². The summed E-state index contributed by atoms with van der Waals surface area (Å²) in [5.41, 5.74) is 9.88. The highest BCUT2D eigenvalue weighted by Crippen LogP contribution is 2.32. The Morgan fingerprint density at radius 1 is 1.03 bits per heavy atom. The van der Waals surface area contributed by atoms with Gasteiger partial charge in [0.2, 0.25) is 0 Å². The second-order valence-electron chi connectivity index (χ2n) is 6.64. The molecule has 8 nitrogen and oxygen atoms in total. The number of fused-ring (bicyclic) bond motifs is 2. The first kappa shape index (κ1) is 19.5. The molecule has 2 N–H and O–H groups in total. The number of anilines is 1. The Morgan fingerprint density at radius 3 is 2.40 bits per heavy atom. The van der Waals surface area contributed by atoms with Crippen molar-refractivity contribution in [2.24, 2.45) is 0 Å². The summed E-state index contributed by atoms with van der Waals surface area (Å²) in [6.45, 7) is 2.36. The van der Waals surface area contributed by atoms with Crippen LogP contribution >= 0.6 is 0 Å². The molecule has 0 unspecified atom stereocenters. The fourth-order valence-corrected chi connectivity index (χ4v) is 3.44. The summed E-state index contributed by atoms with van der Waals surface area (Å²) in [4.78, 5) is 22.0. The van der Waals surface area contributed by atoms with Gasteiger partial charge in [-0.05, 0) is 36.8 Å². The molecule has 0 saturated heterocycles. The number of para-hydroxylation sites is 2. The van der Waals surface area contributed by atoms with E-state index < -0.39 is 5.97 Å². The smallest absolute Gasteiger partial charge is 0.344 e. The van der Waals surface area contributed by atoms with Crippen molar-refractivity contribution in [2.75, 3.05) is 26.6 Å². The Kier molecular flexibility index (Phi) is 5.14. The van der Waals surface area contributed by atoms with E-state index in [4.69, 9.17) is 24.9 Å². The van der Waals surface area contributed by atoms with Gasteiger partial charge in [0.15, 0.2) is 17.1 Å². The quantitative estimate of drug-likeness (QED) is 0.490. The van der Waals surface area contributed by atoms with E-state index in [2.05, 4.69) is 4.98 Å². The Morgan fingerprint density at radius 2 is 1.73 bits per heavy atom. The van der Waals surface area contributed by atoms with Gasteiger partial charge >= 0.3 is 5.97 Å². The number of aromatic nitrogens is 3. The van der Waals surface area contributed by atoms with E-state index in [-0.39, 0.29) is 18.0 Å². The molecule has 0 spiro atoms. The van der Waals surface area contributed by atoms with Crippen LogP contribution in [0.15, 0.2) is 42.5 Å². The molecule has 0 atom stereocenters. The van der Waals surface area contributed by atoms with Gasteiger partial charge in [-0.25, -0.2) is 14.8 Å². The number of benzene rings is 2. The van der Waals surface area contributed by atoms with Crippen LogP contribution in [0.25, 0.3) is 22.2 Å². The van der Waals surface area contributed by atoms with Gasteiger partial charge in [-0.2, -0.15) is 0 Å². The molecular formula is C22H22N4O4. The van der Waals surface area contributed by atoms with Gasteiger partial charge in [0.1, 0.15) is 16.9 Å². The average molecular weight is 406 g/mol. The van der Waals surface area contributed by atoms with Gasteiger partial charge in [0.25, 0.3) is 0 Å². The molecule has 0 bridgehead atoms. The van der Waals surface area contributed by atoms with Crippen LogP contribution in [0.3, 0.4) is 0 Å². The van der Waals surface area contributed by atoms with Crippen LogP contribution in [-0.4, -0.2) is 41.3 Å². The molecule has 154 valence electrons. The summed E-state index contributed by atoms with van der Waals surface area (Å²) < 4.78 is 17.7. The van der Waals surface area contributed by atoms with Crippen molar-refractivity contribution >= 4 is 34.0 Å². The summed E-state index contributed by atoms with van der Waals surface area (Å²) in [5.74, 6) is 0.973. The van der Waals surface area contributed by atoms with E-state index in [1.165, 1.54) is 0 Å². The number of carbonyl (C=O) groups excluding carboxylic acids is 1. The van der Waals surface area contributed by atoms with Crippen LogP contribution < -0.4 is 15.2 Å². The first-order chi connectivity index (χ1) is 14.6. The number of hydrogen-bond acceptors (Lipinski definition) is 7. The summed E-state index contributed by atoms with van der Waals surface area (Å²) in [5, 5.41) is 0. The zero-order chi connectivity index (χ0) is 21.3. The molecule has 8 heteroatoms. The van der Waals surface area contributed by atoms with Crippen molar-refractivity contribution in [2.45, 2.75) is 13.5 Å². The number of nitrogens with two attached hydrogens (primary N) is 1. The zero-order valence-corrected chi connectivity index (χ0v) is 17.0. The average Bonchev–Trinajstić information content (AvgIpc) is 3.02. The second-order valence-corrected chi connectivity index (χ2v) is 6.64. The molecule has 4 rings (SSSR count). The summed E-state index contributed by atoms with van der Waals surface area (Å²) in [6.07, 6.45) is 0. The second kappa shape index (κ2) is 7.90. The number of esters is 1. The van der Waals surface area contributed by atoms with Crippen LogP contribution in [0.5, 0.6) is 11.5 Å². The Bertz CT molecular complexity index is 1250. The molecule has 30 heavy (non-hydrogen) atoms. The number of hydrogen-bond donors (Lipinski definition) is 1. The fraction of sp³-hybridized carbons (Fsp3) is 0.227. The maximum absolute atomic E-state index is 12.6. The maximum Gasteiger partial charge on any atom is 0.344 e. The van der Waals surface area contributed by atoms with E-state index in [1.54, 1.807) is 25.7 Å². The largest absolute Gasteiger partial charge is 0.493 e. The topological polar surface area (TPSA) is 101 Å². The highest BCUT2D eigenvalue weighted by Gasteiger charge is 2.25. The van der Waals surface area contributed by atoms with Crippen LogP contribution in [0, 0.1) is 0 Å². The standard InChI is InChI=1S/C22H22N4O4/c1-4-30-22(27)18-19-21(25-15-8-6-5-7-14(15)24-19)26(20(18)23)12-13-9-10-16(28-2)17(11-13)29-3/h5-11H,4,12,23H2,1-3H3. The molecule has 0 amide bonds. The Labute approximate surface area is 173 Å². The van der Waals surface area contributed by atoms with Crippen molar-refractivity contribution in [3.05, 3.63) is 53.6 Å². The Hall–Kier alpha value is -3.81. The molecule has 2 heterocycles. The van der Waals surface area contributed by atoms with Gasteiger partial charge in [-0.1, -0.05) is 18.2 Å². The number of ether oxygens (including phenoxy) is 3. The van der Waals surface area contributed by atoms with Crippen molar-refractivity contribution in [3.63, 3.8) is 0 Å². The molecule has 2 aromatic carbocycles. The lowest BCUT2D eigenvalue weighted by Crippen LogP contribution is -2.10. The lowest BCUT2D eigenvalue weighted by molar-refractivity contribution is 0.0529. The lowest BCUT2D eigenvalue weighted by Gasteiger charge is -2.12. The van der Waals surface area contributed by atoms with Gasteiger partial charge in [-0.15, -0.1) is 0 Å². The SMILES string of the molecule is CCOC(=O)c1c(N)n(Cc2ccc(OC)c(OC)c2)c2nc3ccccc3nc12. The molecular weight excluding hydrogens is 384 g/mol. The third-order valence-electron chi connectivity index (χ3n) is 4.86. The Balaban J connectivity index is 1.91. The maximum atomic E-state index is 12.6. The van der Waals surface area contributed by atoms with E-state index >= 15 is 0 Å². The highest BCUT2D eigenvalue weighted by atomic mass is 16.5. The fourth-order valence-electron chi connectivity index (χ4n) is 3.44. The number of nitrogens with zero attached hydrogens (tertiary/aromatic N) is 3. The lowest BCUT2D eigenvalue weighted by atomic mass is 10.2. The minimum atomic E-state index is -0.518. The first-order valence-corrected chi connectivity index (χ1v) is 9.49. The van der Waals surface area contributed by atoms with Gasteiger partial charge in [-0.3, -0.25) is 0 Å².